The molecule has 0 bridgehead atoms. The summed E-state index contributed by atoms with van der Waals surface area (Å²) in [6.07, 6.45) is 0. The minimum absolute atomic E-state index is 0.579. The summed E-state index contributed by atoms with van der Waals surface area (Å²) < 4.78 is 2.46. The highest BCUT2D eigenvalue weighted by Gasteiger charge is 2.12. The van der Waals surface area contributed by atoms with Gasteiger partial charge in [-0.3, -0.25) is 0 Å². The smallest absolute Gasteiger partial charge is 0.227 e. The Morgan fingerprint density at radius 3 is 1.75 bits per heavy atom. The van der Waals surface area contributed by atoms with Crippen molar-refractivity contribution in [3.8, 4) is 0 Å². The monoisotopic (exact) mass is 321 g/mol. The van der Waals surface area contributed by atoms with Crippen molar-refractivity contribution in [2.75, 3.05) is 0 Å². The number of benzene rings is 4. The number of rotatable bonds is 2. The van der Waals surface area contributed by atoms with E-state index in [2.05, 4.69) is 95.2 Å². The average Bonchev–Trinajstić information content (AvgIpc) is 2.97. The first-order valence-corrected chi connectivity index (χ1v) is 9.09. The Labute approximate surface area is 143 Å². The van der Waals surface area contributed by atoms with E-state index in [4.69, 9.17) is 0 Å². The van der Waals surface area contributed by atoms with Crippen LogP contribution in [0.2, 0.25) is 0 Å². The van der Waals surface area contributed by atoms with Crippen LogP contribution in [0.25, 0.3) is 32.6 Å². The lowest BCUT2D eigenvalue weighted by molar-refractivity contribution is 1.37. The molecule has 4 aromatic carbocycles. The summed E-state index contributed by atoms with van der Waals surface area (Å²) in [6, 6.07) is 32.7. The highest BCUT2D eigenvalue weighted by atomic mass is 28.2. The minimum atomic E-state index is 0.579. The molecular weight excluding hydrogens is 306 g/mol. The van der Waals surface area contributed by atoms with E-state index in [-0.39, 0.29) is 0 Å². The Bertz CT molecular complexity index is 1130. The second-order valence-corrected chi connectivity index (χ2v) is 7.22. The summed E-state index contributed by atoms with van der Waals surface area (Å²) in [4.78, 5) is 0. The van der Waals surface area contributed by atoms with Crippen LogP contribution in [0.5, 0.6) is 0 Å². The summed E-state index contributed by atoms with van der Waals surface area (Å²) in [5, 5.41) is 6.71. The van der Waals surface area contributed by atoms with Gasteiger partial charge in [-0.15, -0.1) is 0 Å². The highest BCUT2D eigenvalue weighted by molar-refractivity contribution is 6.58. The van der Waals surface area contributed by atoms with Gasteiger partial charge in [0, 0.05) is 21.8 Å². The van der Waals surface area contributed by atoms with Gasteiger partial charge >= 0.3 is 0 Å². The van der Waals surface area contributed by atoms with Gasteiger partial charge in [0.1, 0.15) is 0 Å². The van der Waals surface area contributed by atoms with Crippen LogP contribution in [-0.2, 0) is 0 Å². The van der Waals surface area contributed by atoms with Crippen molar-refractivity contribution in [3.63, 3.8) is 0 Å². The number of hydrogen-bond acceptors (Lipinski definition) is 0. The molecule has 24 heavy (non-hydrogen) atoms. The second kappa shape index (κ2) is 5.36. The van der Waals surface area contributed by atoms with Crippen molar-refractivity contribution >= 4 is 47.4 Å². The van der Waals surface area contributed by atoms with Crippen LogP contribution in [0, 0.1) is 0 Å². The van der Waals surface area contributed by atoms with E-state index < -0.39 is 0 Å². The molecule has 0 aliphatic rings. The van der Waals surface area contributed by atoms with E-state index in [1.165, 1.54) is 37.8 Å². The zero-order chi connectivity index (χ0) is 15.9. The van der Waals surface area contributed by atoms with Gasteiger partial charge in [-0.25, -0.2) is 0 Å². The molecule has 0 aliphatic carbocycles. The summed E-state index contributed by atoms with van der Waals surface area (Å²) in [6.45, 7) is 0. The number of aromatic nitrogens is 1. The molecule has 1 heterocycles. The van der Waals surface area contributed by atoms with Gasteiger partial charge in [0.2, 0.25) is 9.68 Å². The van der Waals surface area contributed by atoms with Crippen molar-refractivity contribution in [1.29, 1.82) is 0 Å². The molecule has 0 N–H and O–H groups in total. The predicted octanol–water partition coefficient (Wildman–Crippen LogP) is 4.74. The van der Waals surface area contributed by atoms with Crippen molar-refractivity contribution in [3.05, 3.63) is 91.0 Å². The Morgan fingerprint density at radius 2 is 1.04 bits per heavy atom. The first kappa shape index (κ1) is 13.6. The molecule has 1 aromatic heterocycles. The van der Waals surface area contributed by atoms with E-state index in [1.54, 1.807) is 0 Å². The van der Waals surface area contributed by atoms with Crippen molar-refractivity contribution in [1.82, 2.24) is 4.23 Å². The van der Waals surface area contributed by atoms with Crippen LogP contribution < -0.4 is 5.19 Å². The maximum atomic E-state index is 2.46. The van der Waals surface area contributed by atoms with Crippen LogP contribution in [0.1, 0.15) is 0 Å². The topological polar surface area (TPSA) is 4.93 Å². The van der Waals surface area contributed by atoms with Crippen LogP contribution >= 0.6 is 0 Å². The van der Waals surface area contributed by atoms with E-state index in [1.807, 2.05) is 0 Å². The lowest BCUT2D eigenvalue weighted by Crippen LogP contribution is -2.22. The van der Waals surface area contributed by atoms with Crippen molar-refractivity contribution < 1.29 is 0 Å². The van der Waals surface area contributed by atoms with E-state index in [0.29, 0.717) is 9.68 Å². The van der Waals surface area contributed by atoms with Crippen LogP contribution in [0.15, 0.2) is 91.0 Å². The van der Waals surface area contributed by atoms with Gasteiger partial charge in [0.25, 0.3) is 0 Å². The molecule has 0 saturated carbocycles. The van der Waals surface area contributed by atoms with E-state index in [9.17, 15) is 0 Å². The Kier molecular flexibility index (Phi) is 3.03. The van der Waals surface area contributed by atoms with E-state index >= 15 is 0 Å². The minimum Gasteiger partial charge on any atom is -0.363 e. The normalized spacial score (nSPS) is 11.5. The van der Waals surface area contributed by atoms with Gasteiger partial charge in [0.05, 0.1) is 0 Å². The fourth-order valence-electron chi connectivity index (χ4n) is 3.49. The Hall–Kier alpha value is -2.84. The van der Waals surface area contributed by atoms with Crippen molar-refractivity contribution in [2.24, 2.45) is 0 Å². The standard InChI is InChI=1S/C22H15NSi/c1-2-10-17-16(8-1)9-7-15-22(17)24-23-20-13-5-3-11-18(20)19-12-4-6-14-21(19)23/h1-15H. The Balaban J connectivity index is 1.79. The zero-order valence-electron chi connectivity index (χ0n) is 13.1. The molecule has 0 fully saturated rings. The maximum Gasteiger partial charge on any atom is 0.227 e. The first-order chi connectivity index (χ1) is 11.9. The molecule has 2 heteroatoms. The molecule has 112 valence electrons. The predicted molar refractivity (Wildman–Crippen MR) is 104 cm³/mol. The van der Waals surface area contributed by atoms with Crippen LogP contribution in [-0.4, -0.2) is 13.9 Å². The Morgan fingerprint density at radius 1 is 0.500 bits per heavy atom. The van der Waals surface area contributed by atoms with Gasteiger partial charge in [0.15, 0.2) is 0 Å². The molecule has 5 aromatic rings. The van der Waals surface area contributed by atoms with Gasteiger partial charge in [-0.05, 0) is 28.1 Å². The quantitative estimate of drug-likeness (QED) is 0.414. The second-order valence-electron chi connectivity index (χ2n) is 6.01. The molecule has 0 unspecified atom stereocenters. The van der Waals surface area contributed by atoms with Crippen LogP contribution in [0.3, 0.4) is 0 Å². The number of fused-ring (bicyclic) bond motifs is 4. The fourth-order valence-corrected chi connectivity index (χ4v) is 4.88. The average molecular weight is 321 g/mol. The number of nitrogens with zero attached hydrogens (tertiary/aromatic N) is 1. The van der Waals surface area contributed by atoms with Gasteiger partial charge < -0.3 is 4.23 Å². The molecule has 0 aliphatic heterocycles. The molecular formula is C22H15NSi. The van der Waals surface area contributed by atoms with Gasteiger partial charge in [-0.2, -0.15) is 0 Å². The zero-order valence-corrected chi connectivity index (χ0v) is 14.1. The summed E-state index contributed by atoms with van der Waals surface area (Å²) in [5.41, 5.74) is 2.62. The third-order valence-corrected chi connectivity index (χ3v) is 5.98. The lowest BCUT2D eigenvalue weighted by atomic mass is 10.1. The summed E-state index contributed by atoms with van der Waals surface area (Å²) in [5.74, 6) is 0. The van der Waals surface area contributed by atoms with Gasteiger partial charge in [-0.1, -0.05) is 78.9 Å². The summed E-state index contributed by atoms with van der Waals surface area (Å²) in [7, 11) is 0.579. The number of para-hydroxylation sites is 2. The fraction of sp³-hybridized carbons (Fsp3) is 0. The SMILES string of the molecule is c1ccc2c([Si]n3c4ccccc4c4ccccc43)cccc2c1. The van der Waals surface area contributed by atoms with Crippen LogP contribution in [0.4, 0.5) is 0 Å². The molecule has 2 radical (unpaired) electrons. The molecule has 1 nitrogen and oxygen atoms in total. The third-order valence-electron chi connectivity index (χ3n) is 4.60. The van der Waals surface area contributed by atoms with Crippen molar-refractivity contribution in [2.45, 2.75) is 0 Å². The summed E-state index contributed by atoms with van der Waals surface area (Å²) >= 11 is 0. The largest absolute Gasteiger partial charge is 0.363 e. The molecule has 0 spiro atoms. The maximum absolute atomic E-state index is 2.46. The molecule has 5 rings (SSSR count). The molecule has 0 saturated heterocycles. The first-order valence-electron chi connectivity index (χ1n) is 8.15. The van der Waals surface area contributed by atoms with E-state index in [0.717, 1.165) is 0 Å². The highest BCUT2D eigenvalue weighted by Crippen LogP contribution is 2.27. The number of hydrogen-bond donors (Lipinski definition) is 0. The third kappa shape index (κ3) is 2.00. The lowest BCUT2D eigenvalue weighted by Gasteiger charge is -2.09. The molecule has 0 amide bonds. The molecule has 0 atom stereocenters.